The molecular formula is C18H20N4O4. The molecule has 2 heterocycles. The van der Waals surface area contributed by atoms with Crippen molar-refractivity contribution in [2.24, 2.45) is 7.05 Å². The van der Waals surface area contributed by atoms with Crippen LogP contribution in [0.5, 0.6) is 11.5 Å². The molecular weight excluding hydrogens is 336 g/mol. The van der Waals surface area contributed by atoms with E-state index in [1.165, 1.54) is 11.8 Å². The smallest absolute Gasteiger partial charge is 0.274 e. The summed E-state index contributed by atoms with van der Waals surface area (Å²) in [4.78, 5) is 29.3. The Bertz CT molecular complexity index is 1040. The van der Waals surface area contributed by atoms with Crippen molar-refractivity contribution in [1.82, 2.24) is 14.8 Å². The molecule has 2 aromatic heterocycles. The molecule has 3 rings (SSSR count). The highest BCUT2D eigenvalue weighted by Gasteiger charge is 2.18. The Kier molecular flexibility index (Phi) is 4.66. The van der Waals surface area contributed by atoms with Gasteiger partial charge in [0.05, 0.1) is 24.7 Å². The van der Waals surface area contributed by atoms with Crippen LogP contribution in [0.2, 0.25) is 0 Å². The van der Waals surface area contributed by atoms with Gasteiger partial charge in [-0.05, 0) is 32.0 Å². The van der Waals surface area contributed by atoms with Gasteiger partial charge in [0.15, 0.2) is 17.1 Å². The first-order chi connectivity index (χ1) is 12.4. The minimum atomic E-state index is -0.400. The molecule has 0 aliphatic carbocycles. The van der Waals surface area contributed by atoms with Gasteiger partial charge in [-0.25, -0.2) is 4.98 Å². The van der Waals surface area contributed by atoms with Crippen LogP contribution in [-0.2, 0) is 7.05 Å². The van der Waals surface area contributed by atoms with Crippen LogP contribution in [0.15, 0.2) is 29.1 Å². The fraction of sp³-hybridized carbons (Fsp3) is 0.278. The van der Waals surface area contributed by atoms with E-state index in [0.717, 1.165) is 0 Å². The molecule has 0 saturated heterocycles. The van der Waals surface area contributed by atoms with Gasteiger partial charge >= 0.3 is 0 Å². The average molecular weight is 356 g/mol. The van der Waals surface area contributed by atoms with Crippen molar-refractivity contribution in [2.75, 3.05) is 19.0 Å². The molecule has 3 aromatic rings. The Morgan fingerprint density at radius 3 is 2.77 bits per heavy atom. The van der Waals surface area contributed by atoms with Crippen LogP contribution in [-0.4, -0.2) is 34.4 Å². The molecule has 0 radical (unpaired) electrons. The Morgan fingerprint density at radius 1 is 1.31 bits per heavy atom. The van der Waals surface area contributed by atoms with Crippen molar-refractivity contribution in [3.05, 3.63) is 45.9 Å². The summed E-state index contributed by atoms with van der Waals surface area (Å²) >= 11 is 0. The summed E-state index contributed by atoms with van der Waals surface area (Å²) in [6, 6.07) is 6.70. The van der Waals surface area contributed by atoms with Crippen LogP contribution < -0.4 is 20.3 Å². The normalized spacial score (nSPS) is 10.8. The third-order valence-corrected chi connectivity index (χ3v) is 3.91. The van der Waals surface area contributed by atoms with E-state index in [1.54, 1.807) is 38.2 Å². The van der Waals surface area contributed by atoms with Gasteiger partial charge in [0.25, 0.3) is 11.5 Å². The molecule has 0 fully saturated rings. The fourth-order valence-electron chi connectivity index (χ4n) is 2.78. The predicted octanol–water partition coefficient (Wildman–Crippen LogP) is 2.23. The van der Waals surface area contributed by atoms with Crippen molar-refractivity contribution in [3.63, 3.8) is 0 Å². The Hall–Kier alpha value is -3.29. The molecule has 0 aliphatic rings. The van der Waals surface area contributed by atoms with E-state index >= 15 is 0 Å². The molecule has 0 saturated carbocycles. The molecule has 136 valence electrons. The van der Waals surface area contributed by atoms with Crippen molar-refractivity contribution < 1.29 is 14.3 Å². The lowest BCUT2D eigenvalue weighted by Crippen LogP contribution is -2.15. The lowest BCUT2D eigenvalue weighted by molar-refractivity contribution is 0.102. The number of carbonyl (C=O) groups excluding carboxylic acids is 1. The molecule has 0 aliphatic heterocycles. The number of H-pyrrole nitrogens is 1. The summed E-state index contributed by atoms with van der Waals surface area (Å²) in [6.07, 6.45) is 0. The summed E-state index contributed by atoms with van der Waals surface area (Å²) < 4.78 is 12.3. The van der Waals surface area contributed by atoms with Gasteiger partial charge in [-0.3, -0.25) is 19.4 Å². The number of carbonyl (C=O) groups is 1. The maximum Gasteiger partial charge on any atom is 0.274 e. The minimum Gasteiger partial charge on any atom is -0.493 e. The molecule has 0 bridgehead atoms. The second kappa shape index (κ2) is 6.91. The van der Waals surface area contributed by atoms with Crippen LogP contribution >= 0.6 is 0 Å². The summed E-state index contributed by atoms with van der Waals surface area (Å²) in [5.74, 6) is 0.705. The van der Waals surface area contributed by atoms with Crippen molar-refractivity contribution in [3.8, 4) is 11.5 Å². The molecule has 0 unspecified atom stereocenters. The first-order valence-electron chi connectivity index (χ1n) is 8.13. The minimum absolute atomic E-state index is 0.258. The average Bonchev–Trinajstić information content (AvgIpc) is 2.89. The highest BCUT2D eigenvalue weighted by Crippen LogP contribution is 2.30. The SMILES string of the molecule is CCOc1ccc(NC(=O)c2cc(C)nc3c2c(=O)[nH]n3C)cc1OC. The number of ether oxygens (including phenoxy) is 2. The quantitative estimate of drug-likeness (QED) is 0.730. The number of nitrogens with zero attached hydrogens (tertiary/aromatic N) is 2. The number of anilines is 1. The zero-order valence-electron chi connectivity index (χ0n) is 15.0. The molecule has 26 heavy (non-hydrogen) atoms. The maximum atomic E-state index is 12.8. The second-order valence-corrected chi connectivity index (χ2v) is 5.76. The van der Waals surface area contributed by atoms with E-state index in [4.69, 9.17) is 9.47 Å². The molecule has 8 heteroatoms. The van der Waals surface area contributed by atoms with E-state index in [-0.39, 0.29) is 16.5 Å². The summed E-state index contributed by atoms with van der Waals surface area (Å²) in [5.41, 5.74) is 1.52. The van der Waals surface area contributed by atoms with Crippen LogP contribution in [0.1, 0.15) is 23.0 Å². The van der Waals surface area contributed by atoms with Gasteiger partial charge in [0, 0.05) is 24.5 Å². The van der Waals surface area contributed by atoms with Gasteiger partial charge in [-0.1, -0.05) is 0 Å². The number of pyridine rings is 1. The van der Waals surface area contributed by atoms with E-state index in [1.807, 2.05) is 6.92 Å². The van der Waals surface area contributed by atoms with Crippen LogP contribution in [0.4, 0.5) is 5.69 Å². The molecule has 8 nitrogen and oxygen atoms in total. The van der Waals surface area contributed by atoms with Crippen LogP contribution in [0.3, 0.4) is 0 Å². The van der Waals surface area contributed by atoms with Gasteiger partial charge in [-0.15, -0.1) is 0 Å². The zero-order chi connectivity index (χ0) is 18.8. The van der Waals surface area contributed by atoms with Gasteiger partial charge in [0.1, 0.15) is 0 Å². The monoisotopic (exact) mass is 356 g/mol. The number of fused-ring (bicyclic) bond motifs is 1. The highest BCUT2D eigenvalue weighted by molar-refractivity contribution is 6.12. The van der Waals surface area contributed by atoms with Crippen molar-refractivity contribution >= 4 is 22.6 Å². The molecule has 2 N–H and O–H groups in total. The number of amides is 1. The standard InChI is InChI=1S/C18H20N4O4/c1-5-26-13-7-6-11(9-14(13)25-4)20-17(23)12-8-10(2)19-16-15(12)18(24)21-22(16)3/h6-9H,5H2,1-4H3,(H,20,23)(H,21,24). The lowest BCUT2D eigenvalue weighted by atomic mass is 10.1. The number of methoxy groups -OCH3 is 1. The number of nitrogens with one attached hydrogen (secondary N) is 2. The van der Waals surface area contributed by atoms with Gasteiger partial charge < -0.3 is 14.8 Å². The topological polar surface area (TPSA) is 98.2 Å². The third kappa shape index (κ3) is 3.13. The first-order valence-corrected chi connectivity index (χ1v) is 8.13. The first kappa shape index (κ1) is 17.5. The maximum absolute atomic E-state index is 12.8. The largest absolute Gasteiger partial charge is 0.493 e. The molecule has 0 atom stereocenters. The number of aromatic nitrogens is 3. The van der Waals surface area contributed by atoms with E-state index < -0.39 is 5.91 Å². The lowest BCUT2D eigenvalue weighted by Gasteiger charge is -2.12. The number of hydrogen-bond donors (Lipinski definition) is 2. The highest BCUT2D eigenvalue weighted by atomic mass is 16.5. The summed E-state index contributed by atoms with van der Waals surface area (Å²) in [7, 11) is 3.21. The van der Waals surface area contributed by atoms with Crippen LogP contribution in [0.25, 0.3) is 11.0 Å². The van der Waals surface area contributed by atoms with Crippen molar-refractivity contribution in [1.29, 1.82) is 0 Å². The summed E-state index contributed by atoms with van der Waals surface area (Å²) in [5, 5.41) is 5.68. The molecule has 1 aromatic carbocycles. The number of hydrogen-bond acceptors (Lipinski definition) is 5. The van der Waals surface area contributed by atoms with Crippen molar-refractivity contribution in [2.45, 2.75) is 13.8 Å². The van der Waals surface area contributed by atoms with E-state index in [0.29, 0.717) is 35.1 Å². The van der Waals surface area contributed by atoms with E-state index in [2.05, 4.69) is 15.4 Å². The van der Waals surface area contributed by atoms with E-state index in [9.17, 15) is 9.59 Å². The zero-order valence-corrected chi connectivity index (χ0v) is 15.0. The predicted molar refractivity (Wildman–Crippen MR) is 98.2 cm³/mol. The number of aryl methyl sites for hydroxylation is 2. The third-order valence-electron chi connectivity index (χ3n) is 3.91. The molecule has 0 spiro atoms. The van der Waals surface area contributed by atoms with Gasteiger partial charge in [0.2, 0.25) is 0 Å². The Morgan fingerprint density at radius 2 is 2.08 bits per heavy atom. The Labute approximate surface area is 149 Å². The van der Waals surface area contributed by atoms with Gasteiger partial charge in [-0.2, -0.15) is 0 Å². The molecule has 1 amide bonds. The Balaban J connectivity index is 1.99. The summed E-state index contributed by atoms with van der Waals surface area (Å²) in [6.45, 7) is 4.16. The number of benzene rings is 1. The number of rotatable bonds is 5. The second-order valence-electron chi connectivity index (χ2n) is 5.76. The van der Waals surface area contributed by atoms with Crippen LogP contribution in [0, 0.1) is 6.92 Å². The number of aromatic amines is 1. The fourth-order valence-corrected chi connectivity index (χ4v) is 2.78.